The van der Waals surface area contributed by atoms with Gasteiger partial charge in [-0.1, -0.05) is 67.9 Å². The minimum atomic E-state index is -0.108. The smallest absolute Gasteiger partial charge is 0.0835 e. The fraction of sp³-hybridized carbons (Fsp3) is 0.200. The van der Waals surface area contributed by atoms with E-state index in [1.54, 1.807) is 0 Å². The van der Waals surface area contributed by atoms with E-state index in [9.17, 15) is 0 Å². The molecule has 0 saturated heterocycles. The highest BCUT2D eigenvalue weighted by molar-refractivity contribution is 6.30. The van der Waals surface area contributed by atoms with Gasteiger partial charge in [0.15, 0.2) is 0 Å². The summed E-state index contributed by atoms with van der Waals surface area (Å²) in [6.07, 6.45) is 0. The van der Waals surface area contributed by atoms with Crippen molar-refractivity contribution in [2.45, 2.75) is 19.2 Å². The quantitative estimate of drug-likeness (QED) is 0.613. The van der Waals surface area contributed by atoms with Crippen LogP contribution in [0.5, 0.6) is 0 Å². The molecule has 0 aliphatic carbocycles. The third kappa shape index (κ3) is 4.07. The van der Waals surface area contributed by atoms with Crippen LogP contribution < -0.4 is 0 Å². The van der Waals surface area contributed by atoms with Crippen LogP contribution in [-0.2, 0) is 0 Å². The first-order valence-electron chi connectivity index (χ1n) is 5.72. The molecule has 0 nitrogen and oxygen atoms in total. The van der Waals surface area contributed by atoms with Crippen LogP contribution >= 0.6 is 23.2 Å². The van der Waals surface area contributed by atoms with E-state index in [-0.39, 0.29) is 5.38 Å². The number of halogens is 2. The van der Waals surface area contributed by atoms with Crippen molar-refractivity contribution in [3.63, 3.8) is 0 Å². The van der Waals surface area contributed by atoms with Gasteiger partial charge in [-0.3, -0.25) is 0 Å². The predicted octanol–water partition coefficient (Wildman–Crippen LogP) is 5.69. The summed E-state index contributed by atoms with van der Waals surface area (Å²) in [6.45, 7) is 4.00. The lowest BCUT2D eigenvalue weighted by Gasteiger charge is -2.09. The highest BCUT2D eigenvalue weighted by Gasteiger charge is 2.09. The van der Waals surface area contributed by atoms with Crippen molar-refractivity contribution in [3.8, 4) is 0 Å². The number of hydrogen-bond donors (Lipinski definition) is 0. The van der Waals surface area contributed by atoms with E-state index in [2.05, 4.69) is 0 Å². The lowest BCUT2D eigenvalue weighted by atomic mass is 10.0. The predicted molar refractivity (Wildman–Crippen MR) is 76.9 cm³/mol. The van der Waals surface area contributed by atoms with Gasteiger partial charge in [-0.05, 0) is 23.3 Å². The minimum absolute atomic E-state index is 0.108. The molecule has 2 aromatic carbocycles. The van der Waals surface area contributed by atoms with Crippen molar-refractivity contribution in [2.75, 3.05) is 0 Å². The highest BCUT2D eigenvalue weighted by Crippen LogP contribution is 2.28. The zero-order valence-electron chi connectivity index (χ0n) is 10.0. The molecule has 90 valence electrons. The number of hydrogen-bond acceptors (Lipinski definition) is 0. The summed E-state index contributed by atoms with van der Waals surface area (Å²) >= 11 is 12.2. The van der Waals surface area contributed by atoms with Gasteiger partial charge in [0.2, 0.25) is 0 Å². The summed E-state index contributed by atoms with van der Waals surface area (Å²) in [5.74, 6) is 0. The standard InChI is InChI=1S/C13H10Cl2.C2H6/c14-12-8-6-11(7-9-12)13(15)10-4-2-1-3-5-10;1-2/h1-9,13H;1-2H3. The number of rotatable bonds is 2. The van der Waals surface area contributed by atoms with E-state index in [0.717, 1.165) is 16.1 Å². The average molecular weight is 267 g/mol. The highest BCUT2D eigenvalue weighted by atomic mass is 35.5. The molecule has 0 spiro atoms. The van der Waals surface area contributed by atoms with E-state index >= 15 is 0 Å². The first kappa shape index (κ1) is 14.1. The molecule has 2 rings (SSSR count). The van der Waals surface area contributed by atoms with Crippen LogP contribution in [0, 0.1) is 0 Å². The van der Waals surface area contributed by atoms with Crippen LogP contribution in [0.3, 0.4) is 0 Å². The van der Waals surface area contributed by atoms with Gasteiger partial charge in [-0.25, -0.2) is 0 Å². The van der Waals surface area contributed by atoms with Crippen molar-refractivity contribution < 1.29 is 0 Å². The van der Waals surface area contributed by atoms with Crippen LogP contribution in [0.2, 0.25) is 5.02 Å². The van der Waals surface area contributed by atoms with Gasteiger partial charge in [-0.15, -0.1) is 11.6 Å². The summed E-state index contributed by atoms with van der Waals surface area (Å²) in [4.78, 5) is 0. The Kier molecular flexibility index (Phi) is 6.10. The Morgan fingerprint density at radius 2 is 1.24 bits per heavy atom. The maximum absolute atomic E-state index is 6.34. The third-order valence-corrected chi connectivity index (χ3v) is 3.01. The zero-order valence-corrected chi connectivity index (χ0v) is 11.5. The van der Waals surface area contributed by atoms with Crippen molar-refractivity contribution in [2.24, 2.45) is 0 Å². The summed E-state index contributed by atoms with van der Waals surface area (Å²) in [6, 6.07) is 17.6. The summed E-state index contributed by atoms with van der Waals surface area (Å²) in [5, 5.41) is 0.624. The lowest BCUT2D eigenvalue weighted by Crippen LogP contribution is -1.91. The van der Waals surface area contributed by atoms with Crippen LogP contribution in [0.4, 0.5) is 0 Å². The molecule has 2 heteroatoms. The van der Waals surface area contributed by atoms with Crippen LogP contribution in [0.15, 0.2) is 54.6 Å². The molecule has 0 aliphatic heterocycles. The Bertz CT molecular complexity index is 420. The van der Waals surface area contributed by atoms with Crippen molar-refractivity contribution >= 4 is 23.2 Å². The molecular formula is C15H16Cl2. The molecule has 0 N–H and O–H groups in total. The fourth-order valence-electron chi connectivity index (χ4n) is 1.45. The molecule has 17 heavy (non-hydrogen) atoms. The van der Waals surface area contributed by atoms with Gasteiger partial charge in [0.1, 0.15) is 0 Å². The topological polar surface area (TPSA) is 0 Å². The van der Waals surface area contributed by atoms with Crippen LogP contribution in [0.25, 0.3) is 0 Å². The fourth-order valence-corrected chi connectivity index (χ4v) is 1.86. The van der Waals surface area contributed by atoms with Gasteiger partial charge in [-0.2, -0.15) is 0 Å². The second-order valence-corrected chi connectivity index (χ2v) is 4.20. The van der Waals surface area contributed by atoms with E-state index in [0.29, 0.717) is 0 Å². The second kappa shape index (κ2) is 7.37. The van der Waals surface area contributed by atoms with Gasteiger partial charge >= 0.3 is 0 Å². The summed E-state index contributed by atoms with van der Waals surface area (Å²) in [5.41, 5.74) is 2.16. The third-order valence-electron chi connectivity index (χ3n) is 2.25. The molecule has 0 bridgehead atoms. The Balaban J connectivity index is 0.000000686. The molecule has 0 aliphatic rings. The number of benzene rings is 2. The van der Waals surface area contributed by atoms with E-state index < -0.39 is 0 Å². The Labute approximate surface area is 113 Å². The largest absolute Gasteiger partial charge is 0.113 e. The Hall–Kier alpha value is -0.980. The molecule has 0 amide bonds. The average Bonchev–Trinajstić information content (AvgIpc) is 2.42. The van der Waals surface area contributed by atoms with Crippen molar-refractivity contribution in [1.29, 1.82) is 0 Å². The number of alkyl halides is 1. The normalized spacial score (nSPS) is 11.3. The van der Waals surface area contributed by atoms with Gasteiger partial charge in [0, 0.05) is 5.02 Å². The molecule has 1 atom stereocenters. The molecule has 0 radical (unpaired) electrons. The maximum Gasteiger partial charge on any atom is 0.0835 e. The molecular weight excluding hydrogens is 251 g/mol. The van der Waals surface area contributed by atoms with Gasteiger partial charge in [0.05, 0.1) is 5.38 Å². The first-order chi connectivity index (χ1) is 8.27. The van der Waals surface area contributed by atoms with E-state index in [4.69, 9.17) is 23.2 Å². The minimum Gasteiger partial charge on any atom is -0.113 e. The second-order valence-electron chi connectivity index (χ2n) is 3.32. The van der Waals surface area contributed by atoms with Crippen LogP contribution in [0.1, 0.15) is 30.4 Å². The van der Waals surface area contributed by atoms with Crippen molar-refractivity contribution in [1.82, 2.24) is 0 Å². The molecule has 0 saturated carbocycles. The van der Waals surface area contributed by atoms with Gasteiger partial charge < -0.3 is 0 Å². The monoisotopic (exact) mass is 266 g/mol. The Morgan fingerprint density at radius 3 is 1.76 bits per heavy atom. The van der Waals surface area contributed by atoms with E-state index in [1.807, 2.05) is 68.4 Å². The first-order valence-corrected chi connectivity index (χ1v) is 6.53. The molecule has 0 heterocycles. The Morgan fingerprint density at radius 1 is 0.765 bits per heavy atom. The zero-order chi connectivity index (χ0) is 12.7. The lowest BCUT2D eigenvalue weighted by molar-refractivity contribution is 1.14. The SMILES string of the molecule is CC.Clc1ccc(C(Cl)c2ccccc2)cc1. The molecule has 1 unspecified atom stereocenters. The van der Waals surface area contributed by atoms with Crippen molar-refractivity contribution in [3.05, 3.63) is 70.7 Å². The molecule has 2 aromatic rings. The van der Waals surface area contributed by atoms with Gasteiger partial charge in [0.25, 0.3) is 0 Å². The summed E-state index contributed by atoms with van der Waals surface area (Å²) in [7, 11) is 0. The maximum atomic E-state index is 6.34. The van der Waals surface area contributed by atoms with E-state index in [1.165, 1.54) is 0 Å². The molecule has 0 fully saturated rings. The van der Waals surface area contributed by atoms with Crippen LogP contribution in [-0.4, -0.2) is 0 Å². The molecule has 0 aromatic heterocycles. The summed E-state index contributed by atoms with van der Waals surface area (Å²) < 4.78 is 0.